The normalized spacial score (nSPS) is 21.6. The fraction of sp³-hybridized carbons (Fsp3) is 0.533. The molecule has 0 bridgehead atoms. The lowest BCUT2D eigenvalue weighted by molar-refractivity contribution is -0.122. The van der Waals surface area contributed by atoms with Crippen LogP contribution in [0.2, 0.25) is 0 Å². The van der Waals surface area contributed by atoms with Crippen molar-refractivity contribution >= 4 is 15.7 Å². The van der Waals surface area contributed by atoms with Crippen LogP contribution >= 0.6 is 0 Å². The molecule has 1 atom stereocenters. The molecule has 1 amide bonds. The predicted octanol–water partition coefficient (Wildman–Crippen LogP) is 0.150. The van der Waals surface area contributed by atoms with E-state index in [1.165, 1.54) is 0 Å². The Balaban J connectivity index is 1.48. The number of nitrogens with one attached hydrogen (secondary N) is 1. The Labute approximate surface area is 135 Å². The fourth-order valence-corrected chi connectivity index (χ4v) is 4.59. The largest absolute Gasteiger partial charge is 0.454 e. The third kappa shape index (κ3) is 3.94. The van der Waals surface area contributed by atoms with E-state index in [0.717, 1.165) is 5.56 Å². The first-order chi connectivity index (χ1) is 10.9. The van der Waals surface area contributed by atoms with Gasteiger partial charge >= 0.3 is 0 Å². The zero-order valence-electron chi connectivity index (χ0n) is 12.9. The van der Waals surface area contributed by atoms with Crippen LogP contribution in [-0.2, 0) is 21.2 Å². The van der Waals surface area contributed by atoms with Gasteiger partial charge in [0.15, 0.2) is 21.3 Å². The van der Waals surface area contributed by atoms with E-state index in [1.807, 2.05) is 18.2 Å². The lowest BCUT2D eigenvalue weighted by atomic mass is 10.2. The smallest absolute Gasteiger partial charge is 0.234 e. The summed E-state index contributed by atoms with van der Waals surface area (Å²) in [6.07, 6.45) is 0.592. The summed E-state index contributed by atoms with van der Waals surface area (Å²) in [6, 6.07) is 5.47. The molecule has 1 N–H and O–H groups in total. The zero-order chi connectivity index (χ0) is 16.4. The van der Waals surface area contributed by atoms with Crippen LogP contribution in [0.5, 0.6) is 11.5 Å². The standard InChI is InChI=1S/C15H20N2O5S/c1-17(12-4-5-23(19,20)9-12)8-15(18)16-7-11-2-3-13-14(6-11)22-10-21-13/h2-3,6,12H,4-5,7-10H2,1H3,(H,16,18). The number of nitrogens with zero attached hydrogens (tertiary/aromatic N) is 1. The Morgan fingerprint density at radius 2 is 2.13 bits per heavy atom. The molecule has 1 fully saturated rings. The highest BCUT2D eigenvalue weighted by atomic mass is 32.2. The Bertz CT molecular complexity index is 704. The number of sulfone groups is 1. The molecule has 7 nitrogen and oxygen atoms in total. The number of hydrogen-bond acceptors (Lipinski definition) is 6. The predicted molar refractivity (Wildman–Crippen MR) is 84.1 cm³/mol. The fourth-order valence-electron chi connectivity index (χ4n) is 2.79. The molecular formula is C15H20N2O5S. The Morgan fingerprint density at radius 1 is 1.35 bits per heavy atom. The van der Waals surface area contributed by atoms with E-state index in [1.54, 1.807) is 11.9 Å². The van der Waals surface area contributed by atoms with Gasteiger partial charge in [-0.3, -0.25) is 9.69 Å². The summed E-state index contributed by atoms with van der Waals surface area (Å²) in [6.45, 7) is 0.803. The molecular weight excluding hydrogens is 320 g/mol. The molecule has 0 radical (unpaired) electrons. The number of likely N-dealkylation sites (N-methyl/N-ethyl adjacent to an activating group) is 1. The molecule has 0 aliphatic carbocycles. The van der Waals surface area contributed by atoms with E-state index in [0.29, 0.717) is 24.5 Å². The summed E-state index contributed by atoms with van der Waals surface area (Å²) in [5.41, 5.74) is 0.925. The summed E-state index contributed by atoms with van der Waals surface area (Å²) in [7, 11) is -1.15. The highest BCUT2D eigenvalue weighted by Gasteiger charge is 2.31. The van der Waals surface area contributed by atoms with E-state index in [4.69, 9.17) is 9.47 Å². The summed E-state index contributed by atoms with van der Waals surface area (Å²) in [5.74, 6) is 1.61. The van der Waals surface area contributed by atoms with Crippen LogP contribution in [-0.4, -0.2) is 57.2 Å². The van der Waals surface area contributed by atoms with Gasteiger partial charge in [0.05, 0.1) is 18.1 Å². The minimum atomic E-state index is -2.94. The van der Waals surface area contributed by atoms with E-state index in [2.05, 4.69) is 5.32 Å². The molecule has 1 unspecified atom stereocenters. The molecule has 1 aromatic carbocycles. The van der Waals surface area contributed by atoms with Crippen molar-refractivity contribution in [3.63, 3.8) is 0 Å². The Morgan fingerprint density at radius 3 is 2.87 bits per heavy atom. The van der Waals surface area contributed by atoms with Crippen molar-refractivity contribution in [2.45, 2.75) is 19.0 Å². The molecule has 2 heterocycles. The van der Waals surface area contributed by atoms with Crippen molar-refractivity contribution in [2.75, 3.05) is 31.9 Å². The monoisotopic (exact) mass is 340 g/mol. The highest BCUT2D eigenvalue weighted by Crippen LogP contribution is 2.32. The highest BCUT2D eigenvalue weighted by molar-refractivity contribution is 7.91. The minimum absolute atomic E-state index is 0.0729. The second-order valence-electron chi connectivity index (χ2n) is 5.94. The summed E-state index contributed by atoms with van der Waals surface area (Å²) >= 11 is 0. The second kappa shape index (κ2) is 6.37. The van der Waals surface area contributed by atoms with Crippen LogP contribution in [0.15, 0.2) is 18.2 Å². The van der Waals surface area contributed by atoms with Gasteiger partial charge in [-0.2, -0.15) is 0 Å². The number of amides is 1. The second-order valence-corrected chi connectivity index (χ2v) is 8.17. The summed E-state index contributed by atoms with van der Waals surface area (Å²) < 4.78 is 33.5. The van der Waals surface area contributed by atoms with Gasteiger partial charge in [-0.1, -0.05) is 6.07 Å². The molecule has 23 heavy (non-hydrogen) atoms. The molecule has 0 saturated carbocycles. The van der Waals surface area contributed by atoms with Crippen LogP contribution in [0.1, 0.15) is 12.0 Å². The number of rotatable bonds is 5. The van der Waals surface area contributed by atoms with Gasteiger partial charge in [-0.15, -0.1) is 0 Å². The van der Waals surface area contributed by atoms with Crippen LogP contribution in [0, 0.1) is 0 Å². The number of carbonyl (C=O) groups excluding carboxylic acids is 1. The van der Waals surface area contributed by atoms with Crippen LogP contribution < -0.4 is 14.8 Å². The van der Waals surface area contributed by atoms with Crippen molar-refractivity contribution in [1.82, 2.24) is 10.2 Å². The Hall–Kier alpha value is -1.80. The molecule has 1 saturated heterocycles. The molecule has 1 aromatic rings. The van der Waals surface area contributed by atoms with Crippen molar-refractivity contribution < 1.29 is 22.7 Å². The topological polar surface area (TPSA) is 84.9 Å². The average Bonchev–Trinajstić information content (AvgIpc) is 3.10. The van der Waals surface area contributed by atoms with Gasteiger partial charge in [0.2, 0.25) is 12.7 Å². The van der Waals surface area contributed by atoms with Gasteiger partial charge in [-0.25, -0.2) is 8.42 Å². The first-order valence-electron chi connectivity index (χ1n) is 7.49. The van der Waals surface area contributed by atoms with E-state index in [9.17, 15) is 13.2 Å². The first-order valence-corrected chi connectivity index (χ1v) is 9.31. The maximum Gasteiger partial charge on any atom is 0.234 e. The van der Waals surface area contributed by atoms with Gasteiger partial charge < -0.3 is 14.8 Å². The quantitative estimate of drug-likeness (QED) is 0.821. The molecule has 2 aliphatic heterocycles. The number of ether oxygens (including phenoxy) is 2. The number of fused-ring (bicyclic) bond motifs is 1. The molecule has 0 aromatic heterocycles. The van der Waals surface area contributed by atoms with Crippen LogP contribution in [0.25, 0.3) is 0 Å². The SMILES string of the molecule is CN(CC(=O)NCc1ccc2c(c1)OCO2)C1CCS(=O)(=O)C1. The van der Waals surface area contributed by atoms with Crippen LogP contribution in [0.4, 0.5) is 0 Å². The third-order valence-corrected chi connectivity index (χ3v) is 5.90. The molecule has 8 heteroatoms. The van der Waals surface area contributed by atoms with E-state index >= 15 is 0 Å². The molecule has 2 aliphatic rings. The summed E-state index contributed by atoms with van der Waals surface area (Å²) in [5, 5.41) is 2.84. The first kappa shape index (κ1) is 16.1. The van der Waals surface area contributed by atoms with Gasteiger partial charge in [0.1, 0.15) is 0 Å². The maximum absolute atomic E-state index is 12.0. The van der Waals surface area contributed by atoms with E-state index in [-0.39, 0.29) is 36.8 Å². The van der Waals surface area contributed by atoms with Gasteiger partial charge in [0, 0.05) is 12.6 Å². The zero-order valence-corrected chi connectivity index (χ0v) is 13.8. The van der Waals surface area contributed by atoms with Crippen molar-refractivity contribution in [3.8, 4) is 11.5 Å². The average molecular weight is 340 g/mol. The number of hydrogen-bond donors (Lipinski definition) is 1. The number of benzene rings is 1. The van der Waals surface area contributed by atoms with E-state index < -0.39 is 9.84 Å². The lowest BCUT2D eigenvalue weighted by Gasteiger charge is -2.22. The molecule has 3 rings (SSSR count). The maximum atomic E-state index is 12.0. The Kier molecular flexibility index (Phi) is 4.45. The van der Waals surface area contributed by atoms with Crippen LogP contribution in [0.3, 0.4) is 0 Å². The van der Waals surface area contributed by atoms with Crippen molar-refractivity contribution in [2.24, 2.45) is 0 Å². The minimum Gasteiger partial charge on any atom is -0.454 e. The summed E-state index contributed by atoms with van der Waals surface area (Å²) in [4.78, 5) is 13.8. The van der Waals surface area contributed by atoms with Crippen molar-refractivity contribution in [1.29, 1.82) is 0 Å². The third-order valence-electron chi connectivity index (χ3n) is 4.15. The van der Waals surface area contributed by atoms with Gasteiger partial charge in [0.25, 0.3) is 0 Å². The number of carbonyl (C=O) groups is 1. The molecule has 126 valence electrons. The van der Waals surface area contributed by atoms with Crippen molar-refractivity contribution in [3.05, 3.63) is 23.8 Å². The molecule has 0 spiro atoms. The lowest BCUT2D eigenvalue weighted by Crippen LogP contribution is -2.41. The van der Waals surface area contributed by atoms with Gasteiger partial charge in [-0.05, 0) is 31.2 Å².